The minimum atomic E-state index is 0.555. The van der Waals surface area contributed by atoms with Gasteiger partial charge in [-0.05, 0) is 43.7 Å². The van der Waals surface area contributed by atoms with Gasteiger partial charge in [0.1, 0.15) is 23.5 Å². The van der Waals surface area contributed by atoms with Gasteiger partial charge in [-0.25, -0.2) is 9.97 Å². The molecule has 25 heavy (non-hydrogen) atoms. The Hall–Kier alpha value is -3.10. The molecule has 6 heteroatoms. The van der Waals surface area contributed by atoms with Gasteiger partial charge in [-0.3, -0.25) is 0 Å². The highest BCUT2D eigenvalue weighted by molar-refractivity contribution is 6.30. The van der Waals surface area contributed by atoms with E-state index < -0.39 is 0 Å². The van der Waals surface area contributed by atoms with Crippen LogP contribution in [0.3, 0.4) is 0 Å². The van der Waals surface area contributed by atoms with Gasteiger partial charge in [0, 0.05) is 16.8 Å². The standard InChI is InChI=1S/C19H16ClN5/c1-12-7-8-15(20)9-17(12)25-19-10-18(22-13(2)23-19)24-16-6-4-3-5-14(16)11-21/h3-10H,1-2H3,(H2,22,23,24,25). The summed E-state index contributed by atoms with van der Waals surface area (Å²) >= 11 is 6.07. The van der Waals surface area contributed by atoms with E-state index in [2.05, 4.69) is 26.7 Å². The summed E-state index contributed by atoms with van der Waals surface area (Å²) < 4.78 is 0. The summed E-state index contributed by atoms with van der Waals surface area (Å²) in [6.45, 7) is 3.81. The first kappa shape index (κ1) is 16.7. The van der Waals surface area contributed by atoms with Gasteiger partial charge in [0.15, 0.2) is 0 Å². The van der Waals surface area contributed by atoms with E-state index in [0.717, 1.165) is 11.3 Å². The summed E-state index contributed by atoms with van der Waals surface area (Å²) in [7, 11) is 0. The van der Waals surface area contributed by atoms with Crippen LogP contribution in [0.4, 0.5) is 23.0 Å². The molecule has 0 spiro atoms. The monoisotopic (exact) mass is 349 g/mol. The van der Waals surface area contributed by atoms with Crippen molar-refractivity contribution < 1.29 is 0 Å². The van der Waals surface area contributed by atoms with Crippen LogP contribution in [-0.2, 0) is 0 Å². The maximum Gasteiger partial charge on any atom is 0.136 e. The normalized spacial score (nSPS) is 10.2. The minimum absolute atomic E-state index is 0.555. The third-order valence-electron chi connectivity index (χ3n) is 3.61. The van der Waals surface area contributed by atoms with Crippen LogP contribution in [0, 0.1) is 25.2 Å². The predicted molar refractivity (Wildman–Crippen MR) is 101 cm³/mol. The summed E-state index contributed by atoms with van der Waals surface area (Å²) in [5.74, 6) is 1.87. The molecule has 0 atom stereocenters. The molecule has 0 aliphatic carbocycles. The van der Waals surface area contributed by atoms with Crippen molar-refractivity contribution in [1.29, 1.82) is 5.26 Å². The molecule has 0 aliphatic rings. The molecule has 0 saturated heterocycles. The highest BCUT2D eigenvalue weighted by Crippen LogP contribution is 2.25. The number of rotatable bonds is 4. The van der Waals surface area contributed by atoms with Crippen LogP contribution in [0.5, 0.6) is 0 Å². The van der Waals surface area contributed by atoms with Crippen molar-refractivity contribution >= 4 is 34.6 Å². The number of benzene rings is 2. The Labute approximate surface area is 151 Å². The zero-order chi connectivity index (χ0) is 17.8. The van der Waals surface area contributed by atoms with Gasteiger partial charge in [-0.1, -0.05) is 29.8 Å². The van der Waals surface area contributed by atoms with Gasteiger partial charge in [0.05, 0.1) is 11.3 Å². The number of para-hydroxylation sites is 1. The molecule has 2 N–H and O–H groups in total. The Morgan fingerprint density at radius 3 is 2.32 bits per heavy atom. The van der Waals surface area contributed by atoms with Gasteiger partial charge in [0.2, 0.25) is 0 Å². The Balaban J connectivity index is 1.91. The lowest BCUT2D eigenvalue weighted by molar-refractivity contribution is 1.06. The molecule has 0 radical (unpaired) electrons. The van der Waals surface area contributed by atoms with Crippen molar-refractivity contribution in [1.82, 2.24) is 9.97 Å². The number of aryl methyl sites for hydroxylation is 2. The van der Waals surface area contributed by atoms with E-state index >= 15 is 0 Å². The topological polar surface area (TPSA) is 73.6 Å². The van der Waals surface area contributed by atoms with E-state index in [-0.39, 0.29) is 0 Å². The molecule has 1 aromatic heterocycles. The van der Waals surface area contributed by atoms with Crippen LogP contribution < -0.4 is 10.6 Å². The predicted octanol–water partition coefficient (Wildman–Crippen LogP) is 5.11. The van der Waals surface area contributed by atoms with E-state index in [9.17, 15) is 5.26 Å². The smallest absolute Gasteiger partial charge is 0.136 e. The molecule has 3 aromatic rings. The molecule has 1 heterocycles. The highest BCUT2D eigenvalue weighted by atomic mass is 35.5. The van der Waals surface area contributed by atoms with E-state index in [0.29, 0.717) is 33.7 Å². The van der Waals surface area contributed by atoms with Crippen LogP contribution in [0.15, 0.2) is 48.5 Å². The molecule has 2 aromatic carbocycles. The zero-order valence-corrected chi connectivity index (χ0v) is 14.6. The van der Waals surface area contributed by atoms with Crippen LogP contribution in [0.1, 0.15) is 17.0 Å². The second kappa shape index (κ2) is 7.20. The molecular weight excluding hydrogens is 334 g/mol. The average Bonchev–Trinajstić information content (AvgIpc) is 2.58. The lowest BCUT2D eigenvalue weighted by Crippen LogP contribution is -2.03. The Kier molecular flexibility index (Phi) is 4.82. The molecule has 0 bridgehead atoms. The third kappa shape index (κ3) is 4.06. The largest absolute Gasteiger partial charge is 0.340 e. The van der Waals surface area contributed by atoms with E-state index in [4.69, 9.17) is 11.6 Å². The van der Waals surface area contributed by atoms with Crippen LogP contribution in [0.25, 0.3) is 0 Å². The van der Waals surface area contributed by atoms with Gasteiger partial charge < -0.3 is 10.6 Å². The number of hydrogen-bond donors (Lipinski definition) is 2. The van der Waals surface area contributed by atoms with Gasteiger partial charge >= 0.3 is 0 Å². The Morgan fingerprint density at radius 2 is 1.60 bits per heavy atom. The number of nitrogens with one attached hydrogen (secondary N) is 2. The number of hydrogen-bond acceptors (Lipinski definition) is 5. The van der Waals surface area contributed by atoms with E-state index in [1.165, 1.54) is 0 Å². The lowest BCUT2D eigenvalue weighted by Gasteiger charge is -2.12. The van der Waals surface area contributed by atoms with Crippen LogP contribution >= 0.6 is 11.6 Å². The zero-order valence-electron chi connectivity index (χ0n) is 13.8. The highest BCUT2D eigenvalue weighted by Gasteiger charge is 2.07. The van der Waals surface area contributed by atoms with Crippen molar-refractivity contribution in [3.63, 3.8) is 0 Å². The molecule has 5 nitrogen and oxygen atoms in total. The second-order valence-electron chi connectivity index (χ2n) is 5.55. The Bertz CT molecular complexity index is 962. The summed E-state index contributed by atoms with van der Waals surface area (Å²) in [5.41, 5.74) is 3.20. The number of nitriles is 1. The first-order chi connectivity index (χ1) is 12.0. The van der Waals surface area contributed by atoms with Gasteiger partial charge in [-0.2, -0.15) is 5.26 Å². The lowest BCUT2D eigenvalue weighted by atomic mass is 10.2. The summed E-state index contributed by atoms with van der Waals surface area (Å²) in [6, 6.07) is 16.9. The Morgan fingerprint density at radius 1 is 0.920 bits per heavy atom. The molecule has 3 rings (SSSR count). The molecule has 0 aliphatic heterocycles. The number of halogens is 1. The molecule has 0 saturated carbocycles. The third-order valence-corrected chi connectivity index (χ3v) is 3.85. The molecule has 0 amide bonds. The van der Waals surface area contributed by atoms with Crippen LogP contribution in [-0.4, -0.2) is 9.97 Å². The molecule has 0 fully saturated rings. The SMILES string of the molecule is Cc1nc(Nc2cc(Cl)ccc2C)cc(Nc2ccccc2C#N)n1. The van der Waals surface area contributed by atoms with E-state index in [1.54, 1.807) is 12.1 Å². The fraction of sp³-hybridized carbons (Fsp3) is 0.105. The maximum atomic E-state index is 9.21. The molecule has 124 valence electrons. The summed E-state index contributed by atoms with van der Waals surface area (Å²) in [6.07, 6.45) is 0. The van der Waals surface area contributed by atoms with Crippen molar-refractivity contribution in [2.45, 2.75) is 13.8 Å². The summed E-state index contributed by atoms with van der Waals surface area (Å²) in [5, 5.41) is 16.3. The summed E-state index contributed by atoms with van der Waals surface area (Å²) in [4.78, 5) is 8.80. The average molecular weight is 350 g/mol. The van der Waals surface area contributed by atoms with Crippen molar-refractivity contribution in [3.8, 4) is 6.07 Å². The maximum absolute atomic E-state index is 9.21. The number of nitrogens with zero attached hydrogens (tertiary/aromatic N) is 3. The van der Waals surface area contributed by atoms with E-state index in [1.807, 2.05) is 50.2 Å². The molecule has 0 unspecified atom stereocenters. The molecular formula is C19H16ClN5. The second-order valence-corrected chi connectivity index (χ2v) is 5.99. The van der Waals surface area contributed by atoms with Crippen molar-refractivity contribution in [3.05, 3.63) is 70.5 Å². The first-order valence-corrected chi connectivity index (χ1v) is 8.08. The van der Waals surface area contributed by atoms with Crippen molar-refractivity contribution in [2.24, 2.45) is 0 Å². The number of anilines is 4. The van der Waals surface area contributed by atoms with Crippen LogP contribution in [0.2, 0.25) is 5.02 Å². The fourth-order valence-electron chi connectivity index (χ4n) is 2.39. The first-order valence-electron chi connectivity index (χ1n) is 7.70. The van der Waals surface area contributed by atoms with Gasteiger partial charge in [0.25, 0.3) is 0 Å². The quantitative estimate of drug-likeness (QED) is 0.685. The van der Waals surface area contributed by atoms with Crippen molar-refractivity contribution in [2.75, 3.05) is 10.6 Å². The number of aromatic nitrogens is 2. The fourth-order valence-corrected chi connectivity index (χ4v) is 2.56. The minimum Gasteiger partial charge on any atom is -0.340 e. The van der Waals surface area contributed by atoms with Gasteiger partial charge in [-0.15, -0.1) is 0 Å².